The molecule has 0 aliphatic carbocycles. The molecule has 2 saturated heterocycles. The van der Waals surface area contributed by atoms with Crippen molar-refractivity contribution in [3.05, 3.63) is 11.9 Å². The number of nitrogens with zero attached hydrogens (tertiary/aromatic N) is 2. The van der Waals surface area contributed by atoms with Gasteiger partial charge in [-0.3, -0.25) is 4.68 Å². The summed E-state index contributed by atoms with van der Waals surface area (Å²) in [6.07, 6.45) is 4.44. The van der Waals surface area contributed by atoms with Gasteiger partial charge in [0.1, 0.15) is 0 Å². The van der Waals surface area contributed by atoms with Gasteiger partial charge in [0.25, 0.3) is 0 Å². The first kappa shape index (κ1) is 12.8. The van der Waals surface area contributed by atoms with Crippen molar-refractivity contribution in [3.63, 3.8) is 0 Å². The summed E-state index contributed by atoms with van der Waals surface area (Å²) in [6.45, 7) is 0.702. The summed E-state index contributed by atoms with van der Waals surface area (Å²) in [5, 5.41) is 13.1. The highest BCUT2D eigenvalue weighted by atomic mass is 32.2. The van der Waals surface area contributed by atoms with E-state index in [1.54, 1.807) is 10.9 Å². The molecule has 0 aromatic carbocycles. The van der Waals surface area contributed by atoms with E-state index in [9.17, 15) is 4.79 Å². The molecule has 104 valence electrons. The average Bonchev–Trinajstić information content (AvgIpc) is 2.97. The molecule has 2 aliphatic rings. The number of aromatic nitrogens is 2. The Hall–Kier alpha value is -1.21. The molecule has 1 aromatic rings. The molecule has 6 nitrogen and oxygen atoms in total. The van der Waals surface area contributed by atoms with Crippen LogP contribution in [0.4, 0.5) is 5.69 Å². The maximum Gasteiger partial charge on any atom is 0.358 e. The Balaban J connectivity index is 1.82. The Labute approximate surface area is 115 Å². The Morgan fingerprint density at radius 1 is 1.68 bits per heavy atom. The number of hydrogen-bond acceptors (Lipinski definition) is 5. The maximum atomic E-state index is 11.0. The predicted octanol–water partition coefficient (Wildman–Crippen LogP) is 1.39. The van der Waals surface area contributed by atoms with Crippen LogP contribution in [0.1, 0.15) is 35.8 Å². The zero-order valence-electron chi connectivity index (χ0n) is 10.5. The highest BCUT2D eigenvalue weighted by Crippen LogP contribution is 2.42. The van der Waals surface area contributed by atoms with Gasteiger partial charge in [-0.25, -0.2) is 4.79 Å². The number of thioether (sulfide) groups is 1. The number of rotatable bonds is 2. The number of anilines is 1. The smallest absolute Gasteiger partial charge is 0.358 e. The van der Waals surface area contributed by atoms with Crippen LogP contribution in [0.25, 0.3) is 0 Å². The summed E-state index contributed by atoms with van der Waals surface area (Å²) in [5.74, 6) is 1.08. The second-order valence-electron chi connectivity index (χ2n) is 5.20. The largest absolute Gasteiger partial charge is 0.476 e. The second-order valence-corrected chi connectivity index (χ2v) is 6.30. The van der Waals surface area contributed by atoms with E-state index in [0.29, 0.717) is 6.61 Å². The molecule has 1 aromatic heterocycles. The monoisotopic (exact) mass is 283 g/mol. The second kappa shape index (κ2) is 4.72. The van der Waals surface area contributed by atoms with Crippen molar-refractivity contribution in [2.75, 3.05) is 23.8 Å². The molecule has 0 amide bonds. The molecule has 0 bridgehead atoms. The fourth-order valence-electron chi connectivity index (χ4n) is 2.85. The van der Waals surface area contributed by atoms with Gasteiger partial charge in [-0.2, -0.15) is 16.9 Å². The minimum atomic E-state index is -1.07. The molecular formula is C12H17N3O3S. The summed E-state index contributed by atoms with van der Waals surface area (Å²) in [5.41, 5.74) is 5.83. The summed E-state index contributed by atoms with van der Waals surface area (Å²) < 4.78 is 7.67. The van der Waals surface area contributed by atoms with Crippen LogP contribution >= 0.6 is 11.8 Å². The van der Waals surface area contributed by atoms with Crippen molar-refractivity contribution < 1.29 is 14.6 Å². The molecule has 2 unspecified atom stereocenters. The molecule has 3 N–H and O–H groups in total. The quantitative estimate of drug-likeness (QED) is 0.852. The number of nitrogen functional groups attached to an aromatic ring is 1. The lowest BCUT2D eigenvalue weighted by Gasteiger charge is -2.37. The standard InChI is InChI=1S/C12H17N3O3S/c13-9-6-15(14-10(9)11(16)17)8-1-3-18-12(5-8)2-4-19-7-12/h6,8H,1-5,7,13H2,(H,16,17). The maximum absolute atomic E-state index is 11.0. The molecule has 0 radical (unpaired) electrons. The van der Waals surface area contributed by atoms with Crippen molar-refractivity contribution in [1.29, 1.82) is 0 Å². The number of carboxylic acid groups (broad SMARTS) is 1. The Bertz CT molecular complexity index is 496. The van der Waals surface area contributed by atoms with E-state index in [1.165, 1.54) is 0 Å². The molecule has 2 atom stereocenters. The van der Waals surface area contributed by atoms with E-state index in [-0.39, 0.29) is 23.0 Å². The van der Waals surface area contributed by atoms with Crippen molar-refractivity contribution in [2.24, 2.45) is 0 Å². The molecule has 3 heterocycles. The normalized spacial score (nSPS) is 30.8. The summed E-state index contributed by atoms with van der Waals surface area (Å²) in [7, 11) is 0. The number of aromatic carboxylic acids is 1. The highest BCUT2D eigenvalue weighted by Gasteiger charge is 2.41. The Morgan fingerprint density at radius 3 is 3.16 bits per heavy atom. The molecule has 0 saturated carbocycles. The Morgan fingerprint density at radius 2 is 2.53 bits per heavy atom. The number of carbonyl (C=O) groups is 1. The van der Waals surface area contributed by atoms with E-state index in [0.717, 1.165) is 30.8 Å². The average molecular weight is 283 g/mol. The van der Waals surface area contributed by atoms with Gasteiger partial charge in [-0.05, 0) is 25.0 Å². The minimum Gasteiger partial charge on any atom is -0.476 e. The van der Waals surface area contributed by atoms with Crippen molar-refractivity contribution >= 4 is 23.4 Å². The van der Waals surface area contributed by atoms with Crippen LogP contribution < -0.4 is 5.73 Å². The fraction of sp³-hybridized carbons (Fsp3) is 0.667. The predicted molar refractivity (Wildman–Crippen MR) is 72.5 cm³/mol. The van der Waals surface area contributed by atoms with Crippen LogP contribution in [0.2, 0.25) is 0 Å². The Kier molecular flexibility index (Phi) is 3.18. The number of ether oxygens (including phenoxy) is 1. The zero-order chi connectivity index (χ0) is 13.5. The summed E-state index contributed by atoms with van der Waals surface area (Å²) >= 11 is 1.92. The van der Waals surface area contributed by atoms with Crippen LogP contribution in [-0.2, 0) is 4.74 Å². The zero-order valence-corrected chi connectivity index (χ0v) is 11.4. The van der Waals surface area contributed by atoms with E-state index in [4.69, 9.17) is 15.6 Å². The van der Waals surface area contributed by atoms with Crippen LogP contribution in [-0.4, -0.2) is 44.6 Å². The minimum absolute atomic E-state index is 0.0440. The van der Waals surface area contributed by atoms with E-state index < -0.39 is 5.97 Å². The van der Waals surface area contributed by atoms with Crippen LogP contribution in [0.5, 0.6) is 0 Å². The first-order chi connectivity index (χ1) is 9.10. The highest BCUT2D eigenvalue weighted by molar-refractivity contribution is 7.99. The van der Waals surface area contributed by atoms with Crippen molar-refractivity contribution in [1.82, 2.24) is 9.78 Å². The fourth-order valence-corrected chi connectivity index (χ4v) is 4.23. The lowest BCUT2D eigenvalue weighted by Crippen LogP contribution is -2.40. The number of carboxylic acids is 1. The summed E-state index contributed by atoms with van der Waals surface area (Å²) in [4.78, 5) is 11.0. The lowest BCUT2D eigenvalue weighted by atomic mass is 9.90. The number of hydrogen-bond donors (Lipinski definition) is 2. The molecule has 7 heteroatoms. The lowest BCUT2D eigenvalue weighted by molar-refractivity contribution is -0.0778. The van der Waals surface area contributed by atoms with Gasteiger partial charge in [-0.1, -0.05) is 0 Å². The van der Waals surface area contributed by atoms with Gasteiger partial charge in [0.05, 0.1) is 17.3 Å². The van der Waals surface area contributed by atoms with E-state index in [2.05, 4.69) is 5.10 Å². The molecule has 2 aliphatic heterocycles. The third-order valence-corrected chi connectivity index (χ3v) is 5.09. The van der Waals surface area contributed by atoms with Crippen molar-refractivity contribution in [3.8, 4) is 0 Å². The van der Waals surface area contributed by atoms with Crippen molar-refractivity contribution in [2.45, 2.75) is 30.9 Å². The van der Waals surface area contributed by atoms with E-state index >= 15 is 0 Å². The summed E-state index contributed by atoms with van der Waals surface area (Å²) in [6, 6.07) is 0.183. The van der Waals surface area contributed by atoms with E-state index in [1.807, 2.05) is 11.8 Å². The van der Waals surface area contributed by atoms with Gasteiger partial charge >= 0.3 is 5.97 Å². The molecule has 1 spiro atoms. The van der Waals surface area contributed by atoms with Gasteiger partial charge in [0.2, 0.25) is 0 Å². The SMILES string of the molecule is Nc1cn(C2CCOC3(CCSC3)C2)nc1C(=O)O. The van der Waals surface area contributed by atoms with Gasteiger partial charge in [0, 0.05) is 18.6 Å². The first-order valence-electron chi connectivity index (χ1n) is 6.39. The third kappa shape index (κ3) is 2.32. The third-order valence-electron chi connectivity index (χ3n) is 3.87. The van der Waals surface area contributed by atoms with Gasteiger partial charge < -0.3 is 15.6 Å². The van der Waals surface area contributed by atoms with Gasteiger partial charge in [0.15, 0.2) is 5.69 Å². The van der Waals surface area contributed by atoms with Crippen LogP contribution in [0, 0.1) is 0 Å². The van der Waals surface area contributed by atoms with Gasteiger partial charge in [-0.15, -0.1) is 0 Å². The molecular weight excluding hydrogens is 266 g/mol. The van der Waals surface area contributed by atoms with Crippen LogP contribution in [0.3, 0.4) is 0 Å². The number of nitrogens with two attached hydrogens (primary N) is 1. The first-order valence-corrected chi connectivity index (χ1v) is 7.55. The molecule has 19 heavy (non-hydrogen) atoms. The topological polar surface area (TPSA) is 90.4 Å². The molecule has 2 fully saturated rings. The van der Waals surface area contributed by atoms with Crippen LogP contribution in [0.15, 0.2) is 6.20 Å². The molecule has 3 rings (SSSR count).